The molecule has 0 bridgehead atoms. The van der Waals surface area contributed by atoms with Gasteiger partial charge < -0.3 is 9.84 Å². The van der Waals surface area contributed by atoms with Crippen LogP contribution in [0.1, 0.15) is 17.9 Å². The molecule has 1 fully saturated rings. The van der Waals surface area contributed by atoms with Crippen LogP contribution in [0.3, 0.4) is 0 Å². The van der Waals surface area contributed by atoms with E-state index in [1.54, 1.807) is 0 Å². The first-order chi connectivity index (χ1) is 7.39. The van der Waals surface area contributed by atoms with Crippen molar-refractivity contribution in [2.45, 2.75) is 24.7 Å². The summed E-state index contributed by atoms with van der Waals surface area (Å²) in [5, 5.41) is 6.03. The molecule has 0 aromatic carbocycles. The van der Waals surface area contributed by atoms with Crippen LogP contribution in [0.15, 0.2) is 10.6 Å². The Labute approximate surface area is 88.8 Å². The van der Waals surface area contributed by atoms with Crippen molar-refractivity contribution in [3.05, 3.63) is 17.5 Å². The van der Waals surface area contributed by atoms with Crippen LogP contribution in [0.25, 0.3) is 0 Å². The van der Waals surface area contributed by atoms with Gasteiger partial charge in [-0.15, -0.1) is 0 Å². The SMILES string of the molecule is FC1(CCc2cc(C(F)(F)F)on2)CNC1. The first-order valence-corrected chi connectivity index (χ1v) is 4.81. The Balaban J connectivity index is 1.93. The first-order valence-electron chi connectivity index (χ1n) is 4.81. The van der Waals surface area contributed by atoms with E-state index in [1.807, 2.05) is 0 Å². The van der Waals surface area contributed by atoms with Crippen molar-refractivity contribution in [3.63, 3.8) is 0 Å². The summed E-state index contributed by atoms with van der Waals surface area (Å²) in [5.41, 5.74) is -1.17. The number of alkyl halides is 4. The minimum atomic E-state index is -4.53. The van der Waals surface area contributed by atoms with Crippen LogP contribution in [-0.2, 0) is 12.6 Å². The highest BCUT2D eigenvalue weighted by Crippen LogP contribution is 2.30. The number of nitrogens with zero attached hydrogens (tertiary/aromatic N) is 1. The summed E-state index contributed by atoms with van der Waals surface area (Å²) in [5.74, 6) is -1.14. The van der Waals surface area contributed by atoms with Crippen molar-refractivity contribution in [1.29, 1.82) is 0 Å². The summed E-state index contributed by atoms with van der Waals surface area (Å²) in [7, 11) is 0. The van der Waals surface area contributed by atoms with E-state index in [2.05, 4.69) is 15.0 Å². The molecule has 1 aromatic rings. The lowest BCUT2D eigenvalue weighted by atomic mass is 9.93. The lowest BCUT2D eigenvalue weighted by Gasteiger charge is -2.34. The Morgan fingerprint density at radius 1 is 1.44 bits per heavy atom. The second-order valence-electron chi connectivity index (χ2n) is 3.93. The van der Waals surface area contributed by atoms with Crippen molar-refractivity contribution in [3.8, 4) is 0 Å². The Bertz CT molecular complexity index is 370. The lowest BCUT2D eigenvalue weighted by Crippen LogP contribution is -2.56. The van der Waals surface area contributed by atoms with E-state index in [0.29, 0.717) is 0 Å². The number of aryl methyl sites for hydroxylation is 1. The highest BCUT2D eigenvalue weighted by atomic mass is 19.4. The van der Waals surface area contributed by atoms with Crippen molar-refractivity contribution >= 4 is 0 Å². The van der Waals surface area contributed by atoms with Gasteiger partial charge in [-0.2, -0.15) is 13.2 Å². The van der Waals surface area contributed by atoms with Gasteiger partial charge in [0, 0.05) is 19.2 Å². The zero-order valence-electron chi connectivity index (χ0n) is 8.27. The van der Waals surface area contributed by atoms with Crippen LogP contribution >= 0.6 is 0 Å². The smallest absolute Gasteiger partial charge is 0.351 e. The number of halogens is 4. The second kappa shape index (κ2) is 3.73. The Morgan fingerprint density at radius 2 is 2.12 bits per heavy atom. The van der Waals surface area contributed by atoms with Gasteiger partial charge in [0.25, 0.3) is 0 Å². The minimum absolute atomic E-state index is 0.135. The first kappa shape index (κ1) is 11.4. The van der Waals surface area contributed by atoms with Gasteiger partial charge in [-0.3, -0.25) is 0 Å². The molecular formula is C9H10F4N2O. The third-order valence-corrected chi connectivity index (χ3v) is 2.55. The molecule has 1 saturated heterocycles. The maximum absolute atomic E-state index is 13.5. The summed E-state index contributed by atoms with van der Waals surface area (Å²) in [6.45, 7) is 0.494. The van der Waals surface area contributed by atoms with Crippen molar-refractivity contribution < 1.29 is 22.1 Å². The molecule has 0 spiro atoms. The number of nitrogens with one attached hydrogen (secondary N) is 1. The Morgan fingerprint density at radius 3 is 2.56 bits per heavy atom. The molecule has 0 atom stereocenters. The van der Waals surface area contributed by atoms with E-state index in [0.717, 1.165) is 6.07 Å². The third kappa shape index (κ3) is 2.34. The topological polar surface area (TPSA) is 38.1 Å². The van der Waals surface area contributed by atoms with E-state index >= 15 is 0 Å². The average Bonchev–Trinajstić information content (AvgIpc) is 2.59. The number of hydrogen-bond acceptors (Lipinski definition) is 3. The lowest BCUT2D eigenvalue weighted by molar-refractivity contribution is -0.155. The molecule has 1 N–H and O–H groups in total. The molecular weight excluding hydrogens is 228 g/mol. The molecule has 0 aliphatic carbocycles. The zero-order valence-corrected chi connectivity index (χ0v) is 8.27. The molecule has 7 heteroatoms. The molecule has 16 heavy (non-hydrogen) atoms. The molecule has 1 aliphatic rings. The minimum Gasteiger partial charge on any atom is -0.351 e. The zero-order chi connectivity index (χ0) is 11.8. The maximum atomic E-state index is 13.5. The van der Waals surface area contributed by atoms with E-state index in [4.69, 9.17) is 0 Å². The van der Waals surface area contributed by atoms with Crippen molar-refractivity contribution in [2.24, 2.45) is 0 Å². The van der Waals surface area contributed by atoms with E-state index < -0.39 is 17.6 Å². The number of rotatable bonds is 3. The Kier molecular flexibility index (Phi) is 2.65. The van der Waals surface area contributed by atoms with Gasteiger partial charge in [0.05, 0.1) is 5.69 Å². The van der Waals surface area contributed by atoms with Gasteiger partial charge in [-0.1, -0.05) is 5.16 Å². The predicted octanol–water partition coefficient (Wildman–Crippen LogP) is 1.94. The van der Waals surface area contributed by atoms with E-state index in [-0.39, 0.29) is 31.6 Å². The molecule has 0 radical (unpaired) electrons. The number of hydrogen-bond donors (Lipinski definition) is 1. The van der Waals surface area contributed by atoms with Gasteiger partial charge in [-0.25, -0.2) is 4.39 Å². The summed E-state index contributed by atoms with van der Waals surface area (Å²) >= 11 is 0. The van der Waals surface area contributed by atoms with Crippen molar-refractivity contribution in [1.82, 2.24) is 10.5 Å². The maximum Gasteiger partial charge on any atom is 0.452 e. The van der Waals surface area contributed by atoms with Gasteiger partial charge in [-0.05, 0) is 12.8 Å². The normalized spacial score (nSPS) is 19.5. The number of aromatic nitrogens is 1. The average molecular weight is 238 g/mol. The fourth-order valence-electron chi connectivity index (χ4n) is 1.49. The third-order valence-electron chi connectivity index (χ3n) is 2.55. The van der Waals surface area contributed by atoms with Crippen LogP contribution in [-0.4, -0.2) is 23.9 Å². The molecule has 3 nitrogen and oxygen atoms in total. The largest absolute Gasteiger partial charge is 0.452 e. The molecule has 0 amide bonds. The molecule has 1 aromatic heterocycles. The fourth-order valence-corrected chi connectivity index (χ4v) is 1.49. The molecule has 1 aliphatic heterocycles. The molecule has 0 saturated carbocycles. The van der Waals surface area contributed by atoms with Gasteiger partial charge in [0.1, 0.15) is 5.67 Å². The fraction of sp³-hybridized carbons (Fsp3) is 0.667. The van der Waals surface area contributed by atoms with E-state index in [9.17, 15) is 17.6 Å². The summed E-state index contributed by atoms with van der Waals surface area (Å²) < 4.78 is 54.0. The molecule has 2 heterocycles. The van der Waals surface area contributed by atoms with Crippen LogP contribution in [0.5, 0.6) is 0 Å². The summed E-state index contributed by atoms with van der Waals surface area (Å²) in [6, 6.07) is 0.815. The van der Waals surface area contributed by atoms with E-state index in [1.165, 1.54) is 0 Å². The van der Waals surface area contributed by atoms with Crippen LogP contribution in [0.4, 0.5) is 17.6 Å². The summed E-state index contributed by atoms with van der Waals surface area (Å²) in [6.07, 6.45) is -4.22. The van der Waals surface area contributed by atoms with Crippen molar-refractivity contribution in [2.75, 3.05) is 13.1 Å². The van der Waals surface area contributed by atoms with Gasteiger partial charge in [0.2, 0.25) is 5.76 Å². The standard InChI is InChI=1S/C9H10F4N2O/c10-8(4-14-5-8)2-1-6-3-7(16-15-6)9(11,12)13/h3,14H,1-2,4-5H2. The van der Waals surface area contributed by atoms with Crippen LogP contribution in [0, 0.1) is 0 Å². The predicted molar refractivity (Wildman–Crippen MR) is 46.5 cm³/mol. The second-order valence-corrected chi connectivity index (χ2v) is 3.93. The monoisotopic (exact) mass is 238 g/mol. The summed E-state index contributed by atoms with van der Waals surface area (Å²) in [4.78, 5) is 0. The van der Waals surface area contributed by atoms with Gasteiger partial charge >= 0.3 is 6.18 Å². The molecule has 2 rings (SSSR count). The highest BCUT2D eigenvalue weighted by Gasteiger charge is 2.38. The highest BCUT2D eigenvalue weighted by molar-refractivity contribution is 5.09. The Hall–Kier alpha value is -1.11. The van der Waals surface area contributed by atoms with Crippen LogP contribution in [0.2, 0.25) is 0 Å². The molecule has 90 valence electrons. The van der Waals surface area contributed by atoms with Gasteiger partial charge in [0.15, 0.2) is 0 Å². The molecule has 0 unspecified atom stereocenters. The van der Waals surface area contributed by atoms with Crippen LogP contribution < -0.4 is 5.32 Å². The quantitative estimate of drug-likeness (QED) is 0.818.